The van der Waals surface area contributed by atoms with E-state index in [1.807, 2.05) is 0 Å². The van der Waals surface area contributed by atoms with Gasteiger partial charge in [-0.1, -0.05) is 93.8 Å². The summed E-state index contributed by atoms with van der Waals surface area (Å²) in [5, 5.41) is 2.82. The second-order valence-corrected chi connectivity index (χ2v) is 7.73. The van der Waals surface area contributed by atoms with Crippen LogP contribution in [0.4, 0.5) is 0 Å². The van der Waals surface area contributed by atoms with Crippen molar-refractivity contribution in [2.75, 3.05) is 20.6 Å². The highest BCUT2D eigenvalue weighted by molar-refractivity contribution is 5.85. The van der Waals surface area contributed by atoms with Gasteiger partial charge in [-0.05, 0) is 56.2 Å². The third-order valence-corrected chi connectivity index (χ3v) is 5.18. The van der Waals surface area contributed by atoms with Crippen LogP contribution >= 0.6 is 12.4 Å². The Balaban J connectivity index is 0.00000338. The smallest absolute Gasteiger partial charge is 0.00248 e. The number of hydrogen-bond acceptors (Lipinski definition) is 1. The minimum atomic E-state index is 0. The van der Waals surface area contributed by atoms with Crippen LogP contribution in [0.25, 0.3) is 10.8 Å². The lowest BCUT2D eigenvalue weighted by molar-refractivity contribution is 0.389. The van der Waals surface area contributed by atoms with Crippen LogP contribution in [0, 0.1) is 0 Å². The lowest BCUT2D eigenvalue weighted by atomic mass is 9.99. The fourth-order valence-electron chi connectivity index (χ4n) is 3.67. The van der Waals surface area contributed by atoms with Crippen molar-refractivity contribution in [3.05, 3.63) is 48.0 Å². The van der Waals surface area contributed by atoms with Gasteiger partial charge < -0.3 is 4.90 Å². The van der Waals surface area contributed by atoms with Crippen molar-refractivity contribution in [3.8, 4) is 0 Å². The van der Waals surface area contributed by atoms with Crippen LogP contribution in [0.1, 0.15) is 69.8 Å². The molecule has 0 aliphatic rings. The summed E-state index contributed by atoms with van der Waals surface area (Å²) in [5.74, 6) is 0. The minimum absolute atomic E-state index is 0. The molecule has 0 saturated carbocycles. The van der Waals surface area contributed by atoms with E-state index in [0.29, 0.717) is 0 Å². The van der Waals surface area contributed by atoms with Crippen LogP contribution in [0.5, 0.6) is 0 Å². The van der Waals surface area contributed by atoms with Crippen LogP contribution < -0.4 is 0 Å². The van der Waals surface area contributed by atoms with Crippen molar-refractivity contribution < 1.29 is 0 Å². The number of benzene rings is 2. The van der Waals surface area contributed by atoms with E-state index in [1.165, 1.54) is 93.5 Å². The van der Waals surface area contributed by atoms with E-state index in [9.17, 15) is 0 Å². The van der Waals surface area contributed by atoms with Gasteiger partial charge in [0.25, 0.3) is 0 Å². The zero-order valence-electron chi connectivity index (χ0n) is 16.9. The van der Waals surface area contributed by atoms with E-state index in [4.69, 9.17) is 0 Å². The van der Waals surface area contributed by atoms with E-state index >= 15 is 0 Å². The number of hydrogen-bond donors (Lipinski definition) is 0. The predicted octanol–water partition coefficient (Wildman–Crippen LogP) is 7.27. The Morgan fingerprint density at radius 1 is 0.615 bits per heavy atom. The number of unbranched alkanes of at least 4 members (excludes halogenated alkanes) is 9. The largest absolute Gasteiger partial charge is 0.309 e. The molecule has 1 nitrogen and oxygen atoms in total. The van der Waals surface area contributed by atoms with Crippen molar-refractivity contribution in [2.45, 2.75) is 70.6 Å². The van der Waals surface area contributed by atoms with Crippen molar-refractivity contribution in [3.63, 3.8) is 0 Å². The molecule has 2 rings (SSSR count). The highest BCUT2D eigenvalue weighted by atomic mass is 35.5. The molecule has 0 spiro atoms. The Hall–Kier alpha value is -1.05. The van der Waals surface area contributed by atoms with E-state index in [1.54, 1.807) is 0 Å². The zero-order chi connectivity index (χ0) is 17.7. The molecular formula is C24H38ClN. The average molecular weight is 376 g/mol. The Morgan fingerprint density at radius 3 is 1.81 bits per heavy atom. The quantitative estimate of drug-likeness (QED) is 0.333. The van der Waals surface area contributed by atoms with E-state index in [0.717, 1.165) is 0 Å². The summed E-state index contributed by atoms with van der Waals surface area (Å²) in [6, 6.07) is 15.5. The Bertz CT molecular complexity index is 588. The zero-order valence-corrected chi connectivity index (χ0v) is 17.7. The molecule has 2 aromatic rings. The van der Waals surface area contributed by atoms with Crippen LogP contribution in [0.2, 0.25) is 0 Å². The maximum atomic E-state index is 2.30. The predicted molar refractivity (Wildman–Crippen MR) is 120 cm³/mol. The van der Waals surface area contributed by atoms with Gasteiger partial charge in [0, 0.05) is 0 Å². The first-order chi connectivity index (χ1) is 12.3. The molecule has 0 N–H and O–H groups in total. The van der Waals surface area contributed by atoms with Crippen LogP contribution in [-0.4, -0.2) is 25.5 Å². The van der Waals surface area contributed by atoms with Gasteiger partial charge in [0.1, 0.15) is 0 Å². The Labute approximate surface area is 167 Å². The van der Waals surface area contributed by atoms with Crippen LogP contribution in [0.3, 0.4) is 0 Å². The third-order valence-electron chi connectivity index (χ3n) is 5.18. The molecular weight excluding hydrogens is 338 g/mol. The molecule has 146 valence electrons. The van der Waals surface area contributed by atoms with Gasteiger partial charge in [0.15, 0.2) is 0 Å². The van der Waals surface area contributed by atoms with Crippen molar-refractivity contribution >= 4 is 23.2 Å². The number of nitrogens with zero attached hydrogens (tertiary/aromatic N) is 1. The molecule has 0 fully saturated rings. The van der Waals surface area contributed by atoms with Gasteiger partial charge in [-0.2, -0.15) is 0 Å². The second kappa shape index (κ2) is 14.1. The molecule has 2 heteroatoms. The first-order valence-corrected chi connectivity index (χ1v) is 10.4. The number of fused-ring (bicyclic) bond motifs is 1. The van der Waals surface area contributed by atoms with Crippen LogP contribution in [0.15, 0.2) is 42.5 Å². The fraction of sp³-hybridized carbons (Fsp3) is 0.583. The first-order valence-electron chi connectivity index (χ1n) is 10.4. The summed E-state index contributed by atoms with van der Waals surface area (Å²) in [6.07, 6.45) is 15.3. The highest BCUT2D eigenvalue weighted by Gasteiger charge is 2.00. The third kappa shape index (κ3) is 9.05. The Kier molecular flexibility index (Phi) is 12.4. The SMILES string of the molecule is CN(C)CCCCCCCCCCCCc1cccc2ccccc12.Cl. The van der Waals surface area contributed by atoms with Gasteiger partial charge in [-0.25, -0.2) is 0 Å². The molecule has 26 heavy (non-hydrogen) atoms. The molecule has 0 aliphatic heterocycles. The van der Waals surface area contributed by atoms with Crippen molar-refractivity contribution in [1.29, 1.82) is 0 Å². The summed E-state index contributed by atoms with van der Waals surface area (Å²) < 4.78 is 0. The molecule has 2 aromatic carbocycles. The standard InChI is InChI=1S/C24H37N.ClH/c1-25(2)21-14-10-8-6-4-3-5-7-9-11-16-22-18-15-19-23-17-12-13-20-24(22)23;/h12-13,15,17-20H,3-11,14,16,21H2,1-2H3;1H. The van der Waals surface area contributed by atoms with Gasteiger partial charge in [0.2, 0.25) is 0 Å². The summed E-state index contributed by atoms with van der Waals surface area (Å²) in [6.45, 7) is 1.25. The number of rotatable bonds is 13. The molecule has 0 heterocycles. The molecule has 0 unspecified atom stereocenters. The van der Waals surface area contributed by atoms with Crippen molar-refractivity contribution in [1.82, 2.24) is 4.90 Å². The van der Waals surface area contributed by atoms with Gasteiger partial charge in [-0.3, -0.25) is 0 Å². The molecule has 0 bridgehead atoms. The summed E-state index contributed by atoms with van der Waals surface area (Å²) >= 11 is 0. The van der Waals surface area contributed by atoms with E-state index in [2.05, 4.69) is 61.5 Å². The second-order valence-electron chi connectivity index (χ2n) is 7.73. The first kappa shape index (κ1) is 23.0. The topological polar surface area (TPSA) is 3.24 Å². The highest BCUT2D eigenvalue weighted by Crippen LogP contribution is 2.20. The minimum Gasteiger partial charge on any atom is -0.309 e. The molecule has 0 amide bonds. The van der Waals surface area contributed by atoms with E-state index < -0.39 is 0 Å². The number of aryl methyl sites for hydroxylation is 1. The Morgan fingerprint density at radius 2 is 1.15 bits per heavy atom. The molecule has 0 aromatic heterocycles. The lowest BCUT2D eigenvalue weighted by Crippen LogP contribution is -2.12. The number of halogens is 1. The van der Waals surface area contributed by atoms with E-state index in [-0.39, 0.29) is 12.4 Å². The van der Waals surface area contributed by atoms with Crippen LogP contribution in [-0.2, 0) is 6.42 Å². The molecule has 0 radical (unpaired) electrons. The van der Waals surface area contributed by atoms with Gasteiger partial charge >= 0.3 is 0 Å². The monoisotopic (exact) mass is 375 g/mol. The molecule has 0 saturated heterocycles. The summed E-state index contributed by atoms with van der Waals surface area (Å²) in [5.41, 5.74) is 1.52. The maximum Gasteiger partial charge on any atom is -0.00248 e. The maximum absolute atomic E-state index is 2.30. The van der Waals surface area contributed by atoms with Gasteiger partial charge in [0.05, 0.1) is 0 Å². The normalized spacial score (nSPS) is 11.0. The average Bonchev–Trinajstić information content (AvgIpc) is 2.62. The van der Waals surface area contributed by atoms with Crippen molar-refractivity contribution in [2.24, 2.45) is 0 Å². The summed E-state index contributed by atoms with van der Waals surface area (Å²) in [7, 11) is 4.33. The molecule has 0 atom stereocenters. The van der Waals surface area contributed by atoms with Gasteiger partial charge in [-0.15, -0.1) is 12.4 Å². The molecule has 0 aliphatic carbocycles. The fourth-order valence-corrected chi connectivity index (χ4v) is 3.67. The lowest BCUT2D eigenvalue weighted by Gasteiger charge is -2.08. The summed E-state index contributed by atoms with van der Waals surface area (Å²) in [4.78, 5) is 2.29.